The van der Waals surface area contributed by atoms with Gasteiger partial charge >= 0.3 is 0 Å². The van der Waals surface area contributed by atoms with Crippen molar-refractivity contribution < 1.29 is 13.9 Å². The first-order valence-electron chi connectivity index (χ1n) is 12.3. The number of rotatable bonds is 6. The van der Waals surface area contributed by atoms with Crippen LogP contribution in [0.4, 0.5) is 10.1 Å². The molecule has 0 spiro atoms. The Labute approximate surface area is 211 Å². The zero-order chi connectivity index (χ0) is 25.1. The topological polar surface area (TPSA) is 48.4 Å². The van der Waals surface area contributed by atoms with Gasteiger partial charge in [-0.2, -0.15) is 5.10 Å². The lowest BCUT2D eigenvalue weighted by Crippen LogP contribution is -2.49. The third-order valence-electron chi connectivity index (χ3n) is 6.92. The van der Waals surface area contributed by atoms with E-state index in [-0.39, 0.29) is 24.3 Å². The lowest BCUT2D eigenvalue weighted by atomic mass is 9.97. The third kappa shape index (κ3) is 5.11. The molecule has 2 aliphatic rings. The molecule has 0 N–H and O–H groups in total. The van der Waals surface area contributed by atoms with Crippen LogP contribution in [-0.4, -0.2) is 61.4 Å². The summed E-state index contributed by atoms with van der Waals surface area (Å²) in [6.07, 6.45) is 0.642. The summed E-state index contributed by atoms with van der Waals surface area (Å²) < 4.78 is 19.6. The summed E-state index contributed by atoms with van der Waals surface area (Å²) in [7, 11) is 1.65. The highest BCUT2D eigenvalue weighted by atomic mass is 19.1. The Bertz CT molecular complexity index is 1270. The average molecular weight is 487 g/mol. The second-order valence-electron chi connectivity index (χ2n) is 9.37. The highest BCUT2D eigenvalue weighted by Gasteiger charge is 2.34. The lowest BCUT2D eigenvalue weighted by Gasteiger charge is -2.36. The van der Waals surface area contributed by atoms with Gasteiger partial charge in [-0.15, -0.1) is 0 Å². The maximum Gasteiger partial charge on any atom is 0.257 e. The molecule has 1 fully saturated rings. The van der Waals surface area contributed by atoms with Crippen LogP contribution in [0.2, 0.25) is 0 Å². The molecule has 0 aromatic heterocycles. The summed E-state index contributed by atoms with van der Waals surface area (Å²) in [6.45, 7) is 5.05. The largest absolute Gasteiger partial charge is 0.497 e. The van der Waals surface area contributed by atoms with E-state index in [1.807, 2.05) is 47.4 Å². The number of methoxy groups -OCH3 is 1. The van der Waals surface area contributed by atoms with Crippen molar-refractivity contribution in [3.63, 3.8) is 0 Å². The van der Waals surface area contributed by atoms with E-state index in [9.17, 15) is 9.18 Å². The molecule has 0 saturated carbocycles. The van der Waals surface area contributed by atoms with Gasteiger partial charge in [0.15, 0.2) is 0 Å². The van der Waals surface area contributed by atoms with E-state index in [0.29, 0.717) is 38.3 Å². The van der Waals surface area contributed by atoms with Crippen molar-refractivity contribution in [3.05, 3.63) is 95.3 Å². The molecule has 2 heterocycles. The number of hydrogen-bond donors (Lipinski definition) is 0. The zero-order valence-corrected chi connectivity index (χ0v) is 20.7. The van der Waals surface area contributed by atoms with Crippen LogP contribution in [0.15, 0.2) is 77.9 Å². The van der Waals surface area contributed by atoms with E-state index in [4.69, 9.17) is 9.84 Å². The maximum absolute atomic E-state index is 14.2. The predicted octanol–water partition coefficient (Wildman–Crippen LogP) is 4.64. The molecule has 3 aromatic rings. The number of carbonyl (C=O) groups excluding carboxylic acids is 1. The molecule has 36 heavy (non-hydrogen) atoms. The van der Waals surface area contributed by atoms with Gasteiger partial charge in [0.2, 0.25) is 0 Å². The molecule has 0 unspecified atom stereocenters. The van der Waals surface area contributed by atoms with E-state index in [1.54, 1.807) is 24.3 Å². The number of anilines is 1. The second kappa shape index (κ2) is 10.5. The van der Waals surface area contributed by atoms with Gasteiger partial charge in [0.05, 0.1) is 31.1 Å². The fraction of sp³-hybridized carbons (Fsp3) is 0.310. The number of hydrazone groups is 1. The molecule has 1 saturated heterocycles. The molecule has 186 valence electrons. The summed E-state index contributed by atoms with van der Waals surface area (Å²) in [4.78, 5) is 17.7. The Kier molecular flexibility index (Phi) is 7.00. The number of aryl methyl sites for hydroxylation is 1. The van der Waals surface area contributed by atoms with Gasteiger partial charge in [-0.25, -0.2) is 9.40 Å². The van der Waals surface area contributed by atoms with Crippen LogP contribution in [0, 0.1) is 12.7 Å². The second-order valence-corrected chi connectivity index (χ2v) is 9.37. The van der Waals surface area contributed by atoms with Gasteiger partial charge in [0, 0.05) is 32.6 Å². The number of hydrogen-bond acceptors (Lipinski definition) is 5. The van der Waals surface area contributed by atoms with Crippen molar-refractivity contribution in [2.75, 3.05) is 44.7 Å². The Morgan fingerprint density at radius 1 is 1.00 bits per heavy atom. The van der Waals surface area contributed by atoms with Crippen molar-refractivity contribution in [1.29, 1.82) is 0 Å². The van der Waals surface area contributed by atoms with Crippen molar-refractivity contribution in [2.45, 2.75) is 19.4 Å². The normalized spacial score (nSPS) is 18.3. The Morgan fingerprint density at radius 3 is 2.53 bits per heavy atom. The summed E-state index contributed by atoms with van der Waals surface area (Å²) in [5.41, 5.74) is 4.72. The molecular formula is C29H31FN4O2. The van der Waals surface area contributed by atoms with Crippen LogP contribution in [0.5, 0.6) is 5.75 Å². The molecule has 0 radical (unpaired) electrons. The van der Waals surface area contributed by atoms with Gasteiger partial charge < -0.3 is 9.64 Å². The van der Waals surface area contributed by atoms with Gasteiger partial charge in [0.25, 0.3) is 5.91 Å². The quantitative estimate of drug-likeness (QED) is 0.509. The molecule has 7 heteroatoms. The van der Waals surface area contributed by atoms with Gasteiger partial charge in [-0.3, -0.25) is 9.69 Å². The molecule has 3 aromatic carbocycles. The monoisotopic (exact) mass is 486 g/mol. The molecule has 5 rings (SSSR count). The number of para-hydroxylation sites is 1. The highest BCUT2D eigenvalue weighted by molar-refractivity contribution is 6.03. The number of nitrogens with zero attached hydrogens (tertiary/aromatic N) is 4. The summed E-state index contributed by atoms with van der Waals surface area (Å²) in [5, 5.41) is 6.47. The van der Waals surface area contributed by atoms with E-state index < -0.39 is 0 Å². The minimum absolute atomic E-state index is 0.0372. The predicted molar refractivity (Wildman–Crippen MR) is 140 cm³/mol. The minimum atomic E-state index is -0.210. The Balaban J connectivity index is 1.32. The Morgan fingerprint density at radius 2 is 1.78 bits per heavy atom. The van der Waals surface area contributed by atoms with Gasteiger partial charge in [-0.1, -0.05) is 54.1 Å². The van der Waals surface area contributed by atoms with Crippen molar-refractivity contribution >= 4 is 17.3 Å². The fourth-order valence-electron chi connectivity index (χ4n) is 4.97. The summed E-state index contributed by atoms with van der Waals surface area (Å²) >= 11 is 0. The number of halogens is 1. The molecule has 1 atom stereocenters. The summed E-state index contributed by atoms with van der Waals surface area (Å²) in [6, 6.07) is 22.7. The van der Waals surface area contributed by atoms with Gasteiger partial charge in [-0.05, 0) is 42.3 Å². The molecule has 0 aliphatic carbocycles. The van der Waals surface area contributed by atoms with Crippen LogP contribution in [0.25, 0.3) is 0 Å². The van der Waals surface area contributed by atoms with Crippen LogP contribution < -0.4 is 9.64 Å². The lowest BCUT2D eigenvalue weighted by molar-refractivity contribution is -0.134. The number of piperazine rings is 1. The van der Waals surface area contributed by atoms with E-state index in [2.05, 4.69) is 24.0 Å². The minimum Gasteiger partial charge on any atom is -0.497 e. The first kappa shape index (κ1) is 24.0. The first-order valence-corrected chi connectivity index (χ1v) is 12.3. The van der Waals surface area contributed by atoms with Gasteiger partial charge in [0.1, 0.15) is 11.6 Å². The number of amides is 1. The van der Waals surface area contributed by atoms with E-state index in [1.165, 1.54) is 6.07 Å². The fourth-order valence-corrected chi connectivity index (χ4v) is 4.97. The molecule has 6 nitrogen and oxygen atoms in total. The van der Waals surface area contributed by atoms with E-state index in [0.717, 1.165) is 28.2 Å². The number of ether oxygens (including phenoxy) is 1. The first-order chi connectivity index (χ1) is 17.5. The third-order valence-corrected chi connectivity index (χ3v) is 6.92. The zero-order valence-electron chi connectivity index (χ0n) is 20.7. The smallest absolute Gasteiger partial charge is 0.257 e. The molecule has 0 bridgehead atoms. The van der Waals surface area contributed by atoms with Crippen LogP contribution in [0.1, 0.15) is 29.2 Å². The van der Waals surface area contributed by atoms with Crippen molar-refractivity contribution in [3.8, 4) is 5.75 Å². The van der Waals surface area contributed by atoms with Crippen molar-refractivity contribution in [2.24, 2.45) is 5.10 Å². The van der Waals surface area contributed by atoms with Crippen molar-refractivity contribution in [1.82, 2.24) is 9.91 Å². The van der Waals surface area contributed by atoms with Crippen LogP contribution in [-0.2, 0) is 4.79 Å². The summed E-state index contributed by atoms with van der Waals surface area (Å²) in [5.74, 6) is 0.510. The number of benzene rings is 3. The van der Waals surface area contributed by atoms with E-state index >= 15 is 0 Å². The number of carbonyl (C=O) groups is 1. The standard InChI is InChI=1S/C29H31FN4O2/c1-21-7-5-8-22(17-21)26-19-28(23-9-6-10-24(18-23)36-2)34(31-26)29(35)20-32-13-15-33(16-14-32)27-12-4-3-11-25(27)30/h3-12,17-18,28H,13-16,19-20H2,1-2H3/t28-/m0/s1. The highest BCUT2D eigenvalue weighted by Crippen LogP contribution is 2.34. The SMILES string of the molecule is COc1cccc([C@@H]2CC(c3cccc(C)c3)=NN2C(=O)CN2CCN(c3ccccc3F)CC2)c1. The molecule has 1 amide bonds. The maximum atomic E-state index is 14.2. The van der Waals surface area contributed by atoms with Crippen LogP contribution >= 0.6 is 0 Å². The molecular weight excluding hydrogens is 455 g/mol. The average Bonchev–Trinajstić information content (AvgIpc) is 3.36. The Hall–Kier alpha value is -3.71. The van der Waals surface area contributed by atoms with Crippen LogP contribution in [0.3, 0.4) is 0 Å². The molecule has 2 aliphatic heterocycles.